The van der Waals surface area contributed by atoms with E-state index in [4.69, 9.17) is 4.74 Å². The first kappa shape index (κ1) is 14.3. The highest BCUT2D eigenvalue weighted by molar-refractivity contribution is 7.13. The van der Waals surface area contributed by atoms with E-state index < -0.39 is 0 Å². The van der Waals surface area contributed by atoms with Gasteiger partial charge in [-0.1, -0.05) is 30.3 Å². The highest BCUT2D eigenvalue weighted by Crippen LogP contribution is 2.30. The molecule has 0 spiro atoms. The van der Waals surface area contributed by atoms with Crippen LogP contribution in [0.25, 0.3) is 0 Å². The number of aryl methyl sites for hydroxylation is 1. The summed E-state index contributed by atoms with van der Waals surface area (Å²) in [5, 5.41) is 15.4. The molecule has 1 aromatic carbocycles. The third kappa shape index (κ3) is 3.53. The number of ether oxygens (including phenoxy) is 1. The average Bonchev–Trinajstić information content (AvgIpc) is 2.94. The largest absolute Gasteiger partial charge is 0.506 e. The van der Waals surface area contributed by atoms with Crippen LogP contribution >= 0.6 is 11.3 Å². The van der Waals surface area contributed by atoms with E-state index in [-0.39, 0.29) is 5.75 Å². The molecule has 2 N–H and O–H groups in total. The topological polar surface area (TPSA) is 67.3 Å². The van der Waals surface area contributed by atoms with Crippen LogP contribution in [-0.4, -0.2) is 15.1 Å². The number of anilines is 2. The fraction of sp³-hybridized carbons (Fsp3) is 0.125. The third-order valence-corrected chi connectivity index (χ3v) is 3.80. The van der Waals surface area contributed by atoms with Crippen LogP contribution in [0.3, 0.4) is 0 Å². The summed E-state index contributed by atoms with van der Waals surface area (Å²) < 4.78 is 5.77. The second kappa shape index (κ2) is 6.44. The zero-order valence-electron chi connectivity index (χ0n) is 12.0. The Hall–Kier alpha value is -2.60. The van der Waals surface area contributed by atoms with Crippen LogP contribution in [0.1, 0.15) is 11.3 Å². The predicted molar refractivity (Wildman–Crippen MR) is 86.8 cm³/mol. The van der Waals surface area contributed by atoms with Gasteiger partial charge >= 0.3 is 0 Å². The molecule has 112 valence electrons. The average molecular weight is 313 g/mol. The lowest BCUT2D eigenvalue weighted by molar-refractivity contribution is 0.305. The lowest BCUT2D eigenvalue weighted by Gasteiger charge is -2.11. The molecule has 0 fully saturated rings. The molecule has 6 heteroatoms. The van der Waals surface area contributed by atoms with Gasteiger partial charge in [0.05, 0.1) is 11.9 Å². The Kier molecular flexibility index (Phi) is 4.20. The minimum absolute atomic E-state index is 0.0592. The van der Waals surface area contributed by atoms with Crippen molar-refractivity contribution in [2.45, 2.75) is 13.5 Å². The fourth-order valence-corrected chi connectivity index (χ4v) is 2.57. The highest BCUT2D eigenvalue weighted by Gasteiger charge is 2.09. The third-order valence-electron chi connectivity index (χ3n) is 2.92. The molecule has 0 radical (unpaired) electrons. The lowest BCUT2D eigenvalue weighted by Crippen LogP contribution is -2.01. The summed E-state index contributed by atoms with van der Waals surface area (Å²) in [6, 6.07) is 11.4. The SMILES string of the molecule is Cc1csc(Nc2ncc(O)cc2OCc2ccccc2)n1. The first-order valence-electron chi connectivity index (χ1n) is 6.75. The maximum Gasteiger partial charge on any atom is 0.188 e. The van der Waals surface area contributed by atoms with E-state index in [1.807, 2.05) is 42.6 Å². The minimum Gasteiger partial charge on any atom is -0.506 e. The highest BCUT2D eigenvalue weighted by atomic mass is 32.1. The van der Waals surface area contributed by atoms with E-state index in [0.717, 1.165) is 16.4 Å². The Morgan fingerprint density at radius 1 is 1.27 bits per heavy atom. The monoisotopic (exact) mass is 313 g/mol. The first-order valence-corrected chi connectivity index (χ1v) is 7.63. The molecule has 5 nitrogen and oxygen atoms in total. The van der Waals surface area contributed by atoms with Gasteiger partial charge in [-0.3, -0.25) is 0 Å². The quantitative estimate of drug-likeness (QED) is 0.748. The van der Waals surface area contributed by atoms with Gasteiger partial charge in [-0.25, -0.2) is 9.97 Å². The van der Waals surface area contributed by atoms with Gasteiger partial charge in [0.2, 0.25) is 0 Å². The molecule has 0 aliphatic rings. The molecule has 0 unspecified atom stereocenters. The van der Waals surface area contributed by atoms with Crippen molar-refractivity contribution in [1.29, 1.82) is 0 Å². The van der Waals surface area contributed by atoms with Gasteiger partial charge in [-0.05, 0) is 12.5 Å². The van der Waals surface area contributed by atoms with Crippen molar-refractivity contribution < 1.29 is 9.84 Å². The molecule has 0 bridgehead atoms. The molecule has 3 aromatic rings. The Labute approximate surface area is 132 Å². The number of nitrogens with zero attached hydrogens (tertiary/aromatic N) is 2. The van der Waals surface area contributed by atoms with Crippen molar-refractivity contribution in [3.63, 3.8) is 0 Å². The van der Waals surface area contributed by atoms with Gasteiger partial charge < -0.3 is 15.2 Å². The molecule has 0 saturated heterocycles. The summed E-state index contributed by atoms with van der Waals surface area (Å²) in [4.78, 5) is 8.51. The molecule has 2 heterocycles. The summed E-state index contributed by atoms with van der Waals surface area (Å²) in [5.74, 6) is 1.07. The summed E-state index contributed by atoms with van der Waals surface area (Å²) in [6.07, 6.45) is 1.37. The molecule has 0 aliphatic carbocycles. The number of rotatable bonds is 5. The summed E-state index contributed by atoms with van der Waals surface area (Å²) >= 11 is 1.49. The smallest absolute Gasteiger partial charge is 0.188 e. The maximum atomic E-state index is 9.62. The summed E-state index contributed by atoms with van der Waals surface area (Å²) in [5.41, 5.74) is 1.99. The number of pyridine rings is 1. The zero-order valence-corrected chi connectivity index (χ0v) is 12.8. The number of aromatic nitrogens is 2. The van der Waals surface area contributed by atoms with E-state index in [2.05, 4.69) is 15.3 Å². The number of benzene rings is 1. The molecule has 0 atom stereocenters. The van der Waals surface area contributed by atoms with Crippen molar-refractivity contribution in [1.82, 2.24) is 9.97 Å². The van der Waals surface area contributed by atoms with Crippen molar-refractivity contribution in [2.24, 2.45) is 0 Å². The molecule has 3 rings (SSSR count). The van der Waals surface area contributed by atoms with E-state index >= 15 is 0 Å². The van der Waals surface area contributed by atoms with Crippen LogP contribution in [0.5, 0.6) is 11.5 Å². The van der Waals surface area contributed by atoms with Gasteiger partial charge in [0.15, 0.2) is 16.7 Å². The Balaban J connectivity index is 1.78. The van der Waals surface area contributed by atoms with E-state index in [1.54, 1.807) is 6.07 Å². The standard InChI is InChI=1S/C16H15N3O2S/c1-11-10-22-16(18-11)19-15-14(7-13(20)8-17-15)21-9-12-5-3-2-4-6-12/h2-8,10,20H,9H2,1H3,(H,17,18,19). The molecule has 0 amide bonds. The number of hydrogen-bond donors (Lipinski definition) is 2. The Morgan fingerprint density at radius 2 is 2.09 bits per heavy atom. The number of hydrogen-bond acceptors (Lipinski definition) is 6. The van der Waals surface area contributed by atoms with E-state index in [9.17, 15) is 5.11 Å². The lowest BCUT2D eigenvalue weighted by atomic mass is 10.2. The molecule has 22 heavy (non-hydrogen) atoms. The van der Waals surface area contributed by atoms with Crippen molar-refractivity contribution in [3.05, 3.63) is 59.2 Å². The van der Waals surface area contributed by atoms with Gasteiger partial charge in [0.1, 0.15) is 12.4 Å². The van der Waals surface area contributed by atoms with Gasteiger partial charge in [0.25, 0.3) is 0 Å². The predicted octanol–water partition coefficient (Wildman–Crippen LogP) is 3.87. The van der Waals surface area contributed by atoms with Gasteiger partial charge in [0, 0.05) is 11.4 Å². The first-order chi connectivity index (χ1) is 10.7. The van der Waals surface area contributed by atoms with Crippen molar-refractivity contribution in [3.8, 4) is 11.5 Å². The van der Waals surface area contributed by atoms with Crippen molar-refractivity contribution >= 4 is 22.3 Å². The Morgan fingerprint density at radius 3 is 2.82 bits per heavy atom. The van der Waals surface area contributed by atoms with Crippen LogP contribution in [0.2, 0.25) is 0 Å². The zero-order chi connectivity index (χ0) is 15.4. The summed E-state index contributed by atoms with van der Waals surface area (Å²) in [7, 11) is 0. The molecule has 0 aliphatic heterocycles. The van der Waals surface area contributed by atoms with Crippen LogP contribution in [0.4, 0.5) is 10.9 Å². The second-order valence-corrected chi connectivity index (χ2v) is 5.59. The normalized spacial score (nSPS) is 10.4. The van der Waals surface area contributed by atoms with Gasteiger partial charge in [-0.15, -0.1) is 11.3 Å². The fourth-order valence-electron chi connectivity index (χ4n) is 1.89. The summed E-state index contributed by atoms with van der Waals surface area (Å²) in [6.45, 7) is 2.33. The van der Waals surface area contributed by atoms with Crippen LogP contribution in [-0.2, 0) is 6.61 Å². The van der Waals surface area contributed by atoms with Gasteiger partial charge in [-0.2, -0.15) is 0 Å². The Bertz CT molecular complexity index is 759. The minimum atomic E-state index is 0.0592. The number of aromatic hydroxyl groups is 1. The van der Waals surface area contributed by atoms with E-state index in [1.165, 1.54) is 17.5 Å². The van der Waals surface area contributed by atoms with Crippen molar-refractivity contribution in [2.75, 3.05) is 5.32 Å². The molecular formula is C16H15N3O2S. The van der Waals surface area contributed by atoms with Crippen LogP contribution < -0.4 is 10.1 Å². The van der Waals surface area contributed by atoms with E-state index in [0.29, 0.717) is 18.2 Å². The molecule has 2 aromatic heterocycles. The molecular weight excluding hydrogens is 298 g/mol. The molecule has 0 saturated carbocycles. The number of nitrogens with one attached hydrogen (secondary N) is 1. The van der Waals surface area contributed by atoms with Crippen LogP contribution in [0.15, 0.2) is 48.0 Å². The van der Waals surface area contributed by atoms with Crippen LogP contribution in [0, 0.1) is 6.92 Å². The maximum absolute atomic E-state index is 9.62. The number of thiazole rings is 1. The second-order valence-electron chi connectivity index (χ2n) is 4.73.